The van der Waals surface area contributed by atoms with E-state index in [0.717, 1.165) is 31.7 Å². The van der Waals surface area contributed by atoms with Gasteiger partial charge in [0, 0.05) is 23.9 Å². The van der Waals surface area contributed by atoms with Crippen LogP contribution >= 0.6 is 11.3 Å². The number of nitrogens with zero attached hydrogens (tertiary/aromatic N) is 1. The second kappa shape index (κ2) is 7.87. The van der Waals surface area contributed by atoms with Crippen molar-refractivity contribution >= 4 is 11.3 Å². The van der Waals surface area contributed by atoms with Gasteiger partial charge >= 0.3 is 0 Å². The number of aryl methyl sites for hydroxylation is 2. The van der Waals surface area contributed by atoms with Gasteiger partial charge in [-0.1, -0.05) is 13.8 Å². The Labute approximate surface area is 115 Å². The van der Waals surface area contributed by atoms with Crippen LogP contribution in [0.3, 0.4) is 0 Å². The Morgan fingerprint density at radius 3 is 2.44 bits per heavy atom. The molecule has 2 atom stereocenters. The molecule has 0 fully saturated rings. The lowest BCUT2D eigenvalue weighted by molar-refractivity contribution is 0.0323. The number of thiazole rings is 1. The minimum Gasteiger partial charge on any atom is -0.377 e. The lowest BCUT2D eigenvalue weighted by atomic mass is 10.1. The van der Waals surface area contributed by atoms with Crippen LogP contribution in [0.15, 0.2) is 0 Å². The molecule has 0 amide bonds. The SMILES string of the molecule is CCNC(Cc1nc(C)c(C)s1)C(CC)OCC. The van der Waals surface area contributed by atoms with Gasteiger partial charge < -0.3 is 10.1 Å². The molecule has 0 saturated carbocycles. The lowest BCUT2D eigenvalue weighted by Crippen LogP contribution is -2.42. The molecule has 0 saturated heterocycles. The predicted molar refractivity (Wildman–Crippen MR) is 78.5 cm³/mol. The molecule has 1 aromatic rings. The highest BCUT2D eigenvalue weighted by Crippen LogP contribution is 2.19. The largest absolute Gasteiger partial charge is 0.377 e. The van der Waals surface area contributed by atoms with Crippen LogP contribution in [-0.4, -0.2) is 30.3 Å². The second-order valence-electron chi connectivity index (χ2n) is 4.52. The summed E-state index contributed by atoms with van der Waals surface area (Å²) in [5, 5.41) is 4.75. The van der Waals surface area contributed by atoms with Crippen LogP contribution in [-0.2, 0) is 11.2 Å². The molecule has 0 aliphatic carbocycles. The van der Waals surface area contributed by atoms with Crippen molar-refractivity contribution < 1.29 is 4.74 Å². The highest BCUT2D eigenvalue weighted by molar-refractivity contribution is 7.11. The summed E-state index contributed by atoms with van der Waals surface area (Å²) in [6.45, 7) is 12.3. The van der Waals surface area contributed by atoms with Crippen LogP contribution in [0.4, 0.5) is 0 Å². The van der Waals surface area contributed by atoms with E-state index in [2.05, 4.69) is 44.9 Å². The number of hydrogen-bond acceptors (Lipinski definition) is 4. The van der Waals surface area contributed by atoms with Crippen molar-refractivity contribution in [2.45, 2.75) is 59.6 Å². The van der Waals surface area contributed by atoms with Crippen molar-refractivity contribution in [1.29, 1.82) is 0 Å². The molecule has 1 aromatic heterocycles. The topological polar surface area (TPSA) is 34.2 Å². The summed E-state index contributed by atoms with van der Waals surface area (Å²) in [6.07, 6.45) is 2.28. The van der Waals surface area contributed by atoms with E-state index in [9.17, 15) is 0 Å². The average molecular weight is 270 g/mol. The van der Waals surface area contributed by atoms with Gasteiger partial charge in [-0.05, 0) is 33.7 Å². The number of nitrogens with one attached hydrogen (secondary N) is 1. The maximum absolute atomic E-state index is 5.83. The zero-order valence-corrected chi connectivity index (χ0v) is 13.1. The fourth-order valence-electron chi connectivity index (χ4n) is 2.14. The summed E-state index contributed by atoms with van der Waals surface area (Å²) in [5.74, 6) is 0. The fraction of sp³-hybridized carbons (Fsp3) is 0.786. The molecule has 3 nitrogen and oxygen atoms in total. The fourth-order valence-corrected chi connectivity index (χ4v) is 3.14. The van der Waals surface area contributed by atoms with Crippen LogP contribution in [0.5, 0.6) is 0 Å². The van der Waals surface area contributed by atoms with Crippen molar-refractivity contribution in [3.05, 3.63) is 15.6 Å². The third kappa shape index (κ3) is 4.34. The van der Waals surface area contributed by atoms with Gasteiger partial charge in [0.1, 0.15) is 0 Å². The van der Waals surface area contributed by atoms with E-state index in [1.165, 1.54) is 9.88 Å². The molecule has 0 bridgehead atoms. The summed E-state index contributed by atoms with van der Waals surface area (Å²) >= 11 is 1.81. The Morgan fingerprint density at radius 2 is 2.00 bits per heavy atom. The summed E-state index contributed by atoms with van der Waals surface area (Å²) < 4.78 is 5.83. The summed E-state index contributed by atoms with van der Waals surface area (Å²) in [6, 6.07) is 0.366. The van der Waals surface area contributed by atoms with Crippen molar-refractivity contribution in [2.75, 3.05) is 13.2 Å². The zero-order chi connectivity index (χ0) is 13.5. The van der Waals surface area contributed by atoms with Gasteiger partial charge in [0.05, 0.1) is 16.8 Å². The predicted octanol–water partition coefficient (Wildman–Crippen LogP) is 3.10. The Kier molecular flexibility index (Phi) is 6.82. The first-order chi connectivity index (χ1) is 8.62. The minimum absolute atomic E-state index is 0.277. The smallest absolute Gasteiger partial charge is 0.0947 e. The molecule has 0 radical (unpaired) electrons. The maximum Gasteiger partial charge on any atom is 0.0947 e. The van der Waals surface area contributed by atoms with Crippen LogP contribution in [0, 0.1) is 13.8 Å². The molecule has 1 heterocycles. The zero-order valence-electron chi connectivity index (χ0n) is 12.2. The molecule has 104 valence electrons. The van der Waals surface area contributed by atoms with Crippen LogP contribution in [0.2, 0.25) is 0 Å². The van der Waals surface area contributed by atoms with Crippen LogP contribution in [0.25, 0.3) is 0 Å². The number of likely N-dealkylation sites (N-methyl/N-ethyl adjacent to an activating group) is 1. The molecular weight excluding hydrogens is 244 g/mol. The van der Waals surface area contributed by atoms with E-state index in [1.54, 1.807) is 0 Å². The van der Waals surface area contributed by atoms with E-state index in [0.29, 0.717) is 6.04 Å². The summed E-state index contributed by atoms with van der Waals surface area (Å²) in [7, 11) is 0. The van der Waals surface area contributed by atoms with Gasteiger partial charge in [-0.3, -0.25) is 0 Å². The molecule has 18 heavy (non-hydrogen) atoms. The summed E-state index contributed by atoms with van der Waals surface area (Å²) in [5.41, 5.74) is 1.16. The van der Waals surface area contributed by atoms with E-state index in [-0.39, 0.29) is 6.10 Å². The number of aromatic nitrogens is 1. The van der Waals surface area contributed by atoms with Gasteiger partial charge in [0.25, 0.3) is 0 Å². The van der Waals surface area contributed by atoms with Crippen molar-refractivity contribution in [3.8, 4) is 0 Å². The Balaban J connectivity index is 2.71. The third-order valence-corrected chi connectivity index (χ3v) is 4.26. The van der Waals surface area contributed by atoms with Gasteiger partial charge in [-0.25, -0.2) is 4.98 Å². The number of ether oxygens (including phenoxy) is 1. The van der Waals surface area contributed by atoms with E-state index >= 15 is 0 Å². The number of rotatable bonds is 8. The third-order valence-electron chi connectivity index (χ3n) is 3.17. The minimum atomic E-state index is 0.277. The molecule has 0 aliphatic rings. The molecule has 0 aromatic carbocycles. The average Bonchev–Trinajstić information content (AvgIpc) is 2.65. The molecule has 0 aliphatic heterocycles. The van der Waals surface area contributed by atoms with Crippen LogP contribution in [0.1, 0.15) is 42.8 Å². The monoisotopic (exact) mass is 270 g/mol. The molecule has 0 spiro atoms. The molecule has 1 rings (SSSR count). The Bertz CT molecular complexity index is 332. The van der Waals surface area contributed by atoms with Gasteiger partial charge in [-0.15, -0.1) is 11.3 Å². The van der Waals surface area contributed by atoms with Gasteiger partial charge in [0.15, 0.2) is 0 Å². The van der Waals surface area contributed by atoms with Gasteiger partial charge in [0.2, 0.25) is 0 Å². The maximum atomic E-state index is 5.83. The molecule has 1 N–H and O–H groups in total. The van der Waals surface area contributed by atoms with Crippen LogP contribution < -0.4 is 5.32 Å². The highest BCUT2D eigenvalue weighted by Gasteiger charge is 2.21. The number of hydrogen-bond donors (Lipinski definition) is 1. The van der Waals surface area contributed by atoms with Crippen molar-refractivity contribution in [2.24, 2.45) is 0 Å². The standard InChI is InChI=1S/C14H26N2OS/c1-6-13(17-8-3)12(15-7-2)9-14-16-10(4)11(5)18-14/h12-13,15H,6-9H2,1-5H3. The molecule has 2 unspecified atom stereocenters. The Hall–Kier alpha value is -0.450. The van der Waals surface area contributed by atoms with E-state index in [4.69, 9.17) is 4.74 Å². The Morgan fingerprint density at radius 1 is 1.28 bits per heavy atom. The van der Waals surface area contributed by atoms with E-state index < -0.39 is 0 Å². The second-order valence-corrected chi connectivity index (χ2v) is 5.81. The first-order valence-corrected chi connectivity index (χ1v) is 7.71. The first-order valence-electron chi connectivity index (χ1n) is 6.90. The normalized spacial score (nSPS) is 14.7. The van der Waals surface area contributed by atoms with Crippen molar-refractivity contribution in [1.82, 2.24) is 10.3 Å². The first kappa shape index (κ1) is 15.6. The highest BCUT2D eigenvalue weighted by atomic mass is 32.1. The molecule has 4 heteroatoms. The lowest BCUT2D eigenvalue weighted by Gasteiger charge is -2.26. The summed E-state index contributed by atoms with van der Waals surface area (Å²) in [4.78, 5) is 5.96. The molecular formula is C14H26N2OS. The van der Waals surface area contributed by atoms with Crippen molar-refractivity contribution in [3.63, 3.8) is 0 Å². The quantitative estimate of drug-likeness (QED) is 0.788. The van der Waals surface area contributed by atoms with Gasteiger partial charge in [-0.2, -0.15) is 0 Å². The van der Waals surface area contributed by atoms with E-state index in [1.807, 2.05) is 11.3 Å².